The number of rotatable bonds is 4. The number of carboxylic acids is 1. The van der Waals surface area contributed by atoms with Gasteiger partial charge in [-0.05, 0) is 18.8 Å². The molecule has 0 aliphatic heterocycles. The second-order valence-corrected chi connectivity index (χ2v) is 3.62. The van der Waals surface area contributed by atoms with Gasteiger partial charge in [0.2, 0.25) is 6.43 Å². The standard InChI is InChI=1S/C9H14F2O2/c10-8(11)5-7(9(12)13)6-3-1-2-4-6/h6-8H,1-5H2,(H,12,13). The van der Waals surface area contributed by atoms with Crippen LogP contribution in [0.15, 0.2) is 0 Å². The third kappa shape index (κ3) is 2.94. The molecule has 1 N–H and O–H groups in total. The monoisotopic (exact) mass is 192 g/mol. The van der Waals surface area contributed by atoms with Gasteiger partial charge in [-0.1, -0.05) is 12.8 Å². The van der Waals surface area contributed by atoms with Gasteiger partial charge in [0.1, 0.15) is 0 Å². The van der Waals surface area contributed by atoms with Crippen molar-refractivity contribution in [2.75, 3.05) is 0 Å². The summed E-state index contributed by atoms with van der Waals surface area (Å²) in [5.41, 5.74) is 0. The summed E-state index contributed by atoms with van der Waals surface area (Å²) in [5.74, 6) is -1.92. The van der Waals surface area contributed by atoms with Gasteiger partial charge in [0.25, 0.3) is 0 Å². The summed E-state index contributed by atoms with van der Waals surface area (Å²) >= 11 is 0. The molecule has 4 heteroatoms. The molecule has 1 fully saturated rings. The summed E-state index contributed by atoms with van der Waals surface area (Å²) in [6, 6.07) is 0. The molecule has 1 rings (SSSR count). The molecule has 1 saturated carbocycles. The van der Waals surface area contributed by atoms with Gasteiger partial charge in [-0.15, -0.1) is 0 Å². The fourth-order valence-electron chi connectivity index (χ4n) is 2.05. The summed E-state index contributed by atoms with van der Waals surface area (Å²) in [6.45, 7) is 0. The van der Waals surface area contributed by atoms with Crippen LogP contribution in [0.1, 0.15) is 32.1 Å². The van der Waals surface area contributed by atoms with E-state index in [1.54, 1.807) is 0 Å². The number of hydrogen-bond acceptors (Lipinski definition) is 1. The minimum absolute atomic E-state index is 0.0218. The van der Waals surface area contributed by atoms with Gasteiger partial charge < -0.3 is 5.11 Å². The molecule has 0 heterocycles. The molecule has 0 spiro atoms. The van der Waals surface area contributed by atoms with E-state index in [-0.39, 0.29) is 5.92 Å². The van der Waals surface area contributed by atoms with Crippen LogP contribution in [0.4, 0.5) is 8.78 Å². The minimum atomic E-state index is -2.50. The van der Waals surface area contributed by atoms with E-state index in [9.17, 15) is 13.6 Å². The van der Waals surface area contributed by atoms with Gasteiger partial charge in [0.05, 0.1) is 5.92 Å². The summed E-state index contributed by atoms with van der Waals surface area (Å²) in [4.78, 5) is 10.7. The minimum Gasteiger partial charge on any atom is -0.481 e. The Morgan fingerprint density at radius 3 is 2.31 bits per heavy atom. The van der Waals surface area contributed by atoms with E-state index in [0.717, 1.165) is 25.7 Å². The number of carbonyl (C=O) groups is 1. The summed E-state index contributed by atoms with van der Waals surface area (Å²) < 4.78 is 24.1. The molecule has 76 valence electrons. The Morgan fingerprint density at radius 2 is 1.92 bits per heavy atom. The van der Waals surface area contributed by atoms with Gasteiger partial charge in [-0.25, -0.2) is 8.78 Å². The fourth-order valence-corrected chi connectivity index (χ4v) is 2.05. The Morgan fingerprint density at radius 1 is 1.38 bits per heavy atom. The van der Waals surface area contributed by atoms with E-state index in [4.69, 9.17) is 5.11 Å². The predicted molar refractivity (Wildman–Crippen MR) is 43.7 cm³/mol. The third-order valence-electron chi connectivity index (χ3n) is 2.72. The van der Waals surface area contributed by atoms with Crippen molar-refractivity contribution < 1.29 is 18.7 Å². The Hall–Kier alpha value is -0.670. The average molecular weight is 192 g/mol. The van der Waals surface area contributed by atoms with E-state index in [0.29, 0.717) is 0 Å². The van der Waals surface area contributed by atoms with Crippen LogP contribution in [-0.2, 0) is 4.79 Å². The quantitative estimate of drug-likeness (QED) is 0.743. The van der Waals surface area contributed by atoms with Crippen molar-refractivity contribution in [1.29, 1.82) is 0 Å². The average Bonchev–Trinajstić information content (AvgIpc) is 2.50. The van der Waals surface area contributed by atoms with E-state index in [1.807, 2.05) is 0 Å². The molecule has 0 bridgehead atoms. The molecule has 0 amide bonds. The zero-order valence-electron chi connectivity index (χ0n) is 7.38. The largest absolute Gasteiger partial charge is 0.481 e. The van der Waals surface area contributed by atoms with Gasteiger partial charge in [0, 0.05) is 6.42 Å². The number of halogens is 2. The van der Waals surface area contributed by atoms with Crippen molar-refractivity contribution in [1.82, 2.24) is 0 Å². The smallest absolute Gasteiger partial charge is 0.306 e. The van der Waals surface area contributed by atoms with Crippen molar-refractivity contribution >= 4 is 5.97 Å². The first-order valence-electron chi connectivity index (χ1n) is 4.62. The highest BCUT2D eigenvalue weighted by atomic mass is 19.3. The maximum atomic E-state index is 12.0. The zero-order chi connectivity index (χ0) is 9.84. The molecular formula is C9H14F2O2. The lowest BCUT2D eigenvalue weighted by molar-refractivity contribution is -0.145. The van der Waals surface area contributed by atoms with Crippen LogP contribution in [-0.4, -0.2) is 17.5 Å². The third-order valence-corrected chi connectivity index (χ3v) is 2.72. The molecule has 0 radical (unpaired) electrons. The van der Waals surface area contributed by atoms with Gasteiger partial charge in [-0.3, -0.25) is 4.79 Å². The number of hydrogen-bond donors (Lipinski definition) is 1. The lowest BCUT2D eigenvalue weighted by Gasteiger charge is -2.18. The maximum absolute atomic E-state index is 12.0. The Labute approximate surface area is 75.9 Å². The SMILES string of the molecule is O=C(O)C(CC(F)F)C1CCCC1. The maximum Gasteiger partial charge on any atom is 0.306 e. The Balaban J connectivity index is 2.50. The molecule has 1 aliphatic rings. The first-order valence-corrected chi connectivity index (χ1v) is 4.62. The van der Waals surface area contributed by atoms with Crippen LogP contribution in [0.5, 0.6) is 0 Å². The van der Waals surface area contributed by atoms with Crippen molar-refractivity contribution in [2.45, 2.75) is 38.5 Å². The molecule has 1 atom stereocenters. The van der Waals surface area contributed by atoms with Crippen LogP contribution in [0.25, 0.3) is 0 Å². The predicted octanol–water partition coefficient (Wildman–Crippen LogP) is 2.53. The van der Waals surface area contributed by atoms with E-state index in [2.05, 4.69) is 0 Å². The van der Waals surface area contributed by atoms with Crippen molar-refractivity contribution in [3.8, 4) is 0 Å². The van der Waals surface area contributed by atoms with E-state index in [1.165, 1.54) is 0 Å². The molecular weight excluding hydrogens is 178 g/mol. The molecule has 1 aliphatic carbocycles. The van der Waals surface area contributed by atoms with Gasteiger partial charge in [0.15, 0.2) is 0 Å². The van der Waals surface area contributed by atoms with Gasteiger partial charge >= 0.3 is 5.97 Å². The molecule has 0 aromatic rings. The Bertz CT molecular complexity index is 176. The van der Waals surface area contributed by atoms with Crippen LogP contribution in [0.3, 0.4) is 0 Å². The van der Waals surface area contributed by atoms with Crippen LogP contribution < -0.4 is 0 Å². The van der Waals surface area contributed by atoms with Crippen LogP contribution in [0.2, 0.25) is 0 Å². The van der Waals surface area contributed by atoms with Crippen molar-refractivity contribution in [3.63, 3.8) is 0 Å². The molecule has 0 saturated heterocycles. The van der Waals surface area contributed by atoms with Crippen molar-refractivity contribution in [2.24, 2.45) is 11.8 Å². The first-order chi connectivity index (χ1) is 6.11. The molecule has 2 nitrogen and oxygen atoms in total. The highest BCUT2D eigenvalue weighted by Gasteiger charge is 2.32. The van der Waals surface area contributed by atoms with Gasteiger partial charge in [-0.2, -0.15) is 0 Å². The Kier molecular flexibility index (Phi) is 3.63. The lowest BCUT2D eigenvalue weighted by atomic mass is 9.88. The topological polar surface area (TPSA) is 37.3 Å². The molecule has 0 aromatic carbocycles. The molecule has 1 unspecified atom stereocenters. The van der Waals surface area contributed by atoms with Crippen LogP contribution in [0, 0.1) is 11.8 Å². The van der Waals surface area contributed by atoms with E-state index >= 15 is 0 Å². The lowest BCUT2D eigenvalue weighted by Crippen LogP contribution is -2.24. The second-order valence-electron chi connectivity index (χ2n) is 3.62. The highest BCUT2D eigenvalue weighted by Crippen LogP contribution is 2.34. The number of aliphatic carboxylic acids is 1. The van der Waals surface area contributed by atoms with E-state index < -0.39 is 24.7 Å². The first kappa shape index (κ1) is 10.4. The zero-order valence-corrected chi connectivity index (χ0v) is 7.38. The highest BCUT2D eigenvalue weighted by molar-refractivity contribution is 5.70. The van der Waals surface area contributed by atoms with Crippen LogP contribution >= 0.6 is 0 Å². The fraction of sp³-hybridized carbons (Fsp3) is 0.889. The number of alkyl halides is 2. The molecule has 13 heavy (non-hydrogen) atoms. The summed E-state index contributed by atoms with van der Waals surface area (Å²) in [5, 5.41) is 8.75. The normalized spacial score (nSPS) is 20.8. The molecule has 0 aromatic heterocycles. The van der Waals surface area contributed by atoms with Crippen molar-refractivity contribution in [3.05, 3.63) is 0 Å². The summed E-state index contributed by atoms with van der Waals surface area (Å²) in [7, 11) is 0. The number of carboxylic acid groups (broad SMARTS) is 1. The second kappa shape index (κ2) is 4.53. The summed E-state index contributed by atoms with van der Waals surface area (Å²) in [6.07, 6.45) is 0.574.